The normalized spacial score (nSPS) is 22.2. The molecule has 3 heterocycles. The fraction of sp³-hybridized carbons (Fsp3) is 0.500. The number of aliphatic hydroxyl groups excluding tert-OH is 1. The van der Waals surface area contributed by atoms with Gasteiger partial charge in [-0.2, -0.15) is 15.4 Å². The topological polar surface area (TPSA) is 115 Å². The zero-order valence-corrected chi connectivity index (χ0v) is 12.0. The number of aliphatic carboxylic acids is 1. The first-order valence-electron chi connectivity index (χ1n) is 7.14. The molecule has 1 aliphatic heterocycles. The summed E-state index contributed by atoms with van der Waals surface area (Å²) in [6.07, 6.45) is 1.76. The van der Waals surface area contributed by atoms with Crippen LogP contribution in [0.5, 0.6) is 0 Å². The van der Waals surface area contributed by atoms with E-state index in [1.54, 1.807) is 12.3 Å². The van der Waals surface area contributed by atoms with Crippen molar-refractivity contribution in [2.24, 2.45) is 5.92 Å². The molecule has 0 amide bonds. The molecule has 0 aromatic carbocycles. The van der Waals surface area contributed by atoms with Crippen LogP contribution in [0.2, 0.25) is 0 Å². The number of rotatable bonds is 6. The molecule has 2 aromatic heterocycles. The number of carbonyl (C=O) groups is 1. The number of carboxylic acids is 1. The average molecular weight is 306 g/mol. The molecule has 1 fully saturated rings. The van der Waals surface area contributed by atoms with Gasteiger partial charge < -0.3 is 14.6 Å². The Kier molecular flexibility index (Phi) is 4.21. The molecule has 0 aliphatic carbocycles. The minimum Gasteiger partial charge on any atom is -0.481 e. The quantitative estimate of drug-likeness (QED) is 0.715. The molecule has 118 valence electrons. The van der Waals surface area contributed by atoms with Crippen molar-refractivity contribution in [1.82, 2.24) is 20.3 Å². The number of hydrogen-bond acceptors (Lipinski definition) is 6. The Labute approximate surface area is 126 Å². The molecule has 0 spiro atoms. The van der Waals surface area contributed by atoms with Crippen LogP contribution in [-0.4, -0.2) is 49.6 Å². The van der Waals surface area contributed by atoms with Gasteiger partial charge in [-0.3, -0.25) is 9.69 Å². The highest BCUT2D eigenvalue weighted by Crippen LogP contribution is 2.34. The van der Waals surface area contributed by atoms with Crippen LogP contribution in [0.3, 0.4) is 0 Å². The molecule has 0 saturated carbocycles. The van der Waals surface area contributed by atoms with E-state index in [0.717, 1.165) is 11.5 Å². The minimum atomic E-state index is -0.805. The van der Waals surface area contributed by atoms with Crippen molar-refractivity contribution in [2.45, 2.75) is 25.5 Å². The van der Waals surface area contributed by atoms with Gasteiger partial charge in [0.15, 0.2) is 0 Å². The summed E-state index contributed by atoms with van der Waals surface area (Å²) >= 11 is 0. The molecule has 3 N–H and O–H groups in total. The second kappa shape index (κ2) is 6.29. The van der Waals surface area contributed by atoms with Crippen LogP contribution in [0.4, 0.5) is 0 Å². The molecule has 1 aliphatic rings. The Morgan fingerprint density at radius 1 is 1.41 bits per heavy atom. The Morgan fingerprint density at radius 3 is 2.86 bits per heavy atom. The molecule has 22 heavy (non-hydrogen) atoms. The summed E-state index contributed by atoms with van der Waals surface area (Å²) in [6, 6.07) is 3.58. The summed E-state index contributed by atoms with van der Waals surface area (Å²) in [5.41, 5.74) is 0.796. The van der Waals surface area contributed by atoms with E-state index < -0.39 is 5.97 Å². The van der Waals surface area contributed by atoms with E-state index in [9.17, 15) is 4.79 Å². The maximum atomic E-state index is 11.1. The van der Waals surface area contributed by atoms with E-state index in [-0.39, 0.29) is 24.9 Å². The summed E-state index contributed by atoms with van der Waals surface area (Å²) in [6.45, 7) is 1.84. The van der Waals surface area contributed by atoms with Crippen molar-refractivity contribution in [3.05, 3.63) is 35.5 Å². The summed E-state index contributed by atoms with van der Waals surface area (Å²) in [5.74, 6) is 0.529. The van der Waals surface area contributed by atoms with E-state index in [1.807, 2.05) is 6.07 Å². The minimum absolute atomic E-state index is 0.00475. The molecule has 3 rings (SSSR count). The third-order valence-corrected chi connectivity index (χ3v) is 4.02. The first-order chi connectivity index (χ1) is 10.7. The lowest BCUT2D eigenvalue weighted by Crippen LogP contribution is -2.20. The fourth-order valence-corrected chi connectivity index (χ4v) is 3.06. The number of likely N-dealkylation sites (tertiary alicyclic amines) is 1. The van der Waals surface area contributed by atoms with Crippen LogP contribution in [0.25, 0.3) is 0 Å². The third-order valence-electron chi connectivity index (χ3n) is 4.02. The van der Waals surface area contributed by atoms with Crippen molar-refractivity contribution in [3.8, 4) is 0 Å². The lowest BCUT2D eigenvalue weighted by Gasteiger charge is -2.13. The first kappa shape index (κ1) is 14.7. The van der Waals surface area contributed by atoms with Gasteiger partial charge in [-0.15, -0.1) is 0 Å². The van der Waals surface area contributed by atoms with Gasteiger partial charge >= 0.3 is 5.97 Å². The summed E-state index contributed by atoms with van der Waals surface area (Å²) in [4.78, 5) is 13.2. The summed E-state index contributed by atoms with van der Waals surface area (Å²) in [5, 5.41) is 28.6. The maximum absolute atomic E-state index is 11.1. The lowest BCUT2D eigenvalue weighted by molar-refractivity contribution is -0.138. The number of aromatic nitrogens is 3. The first-order valence-corrected chi connectivity index (χ1v) is 7.14. The van der Waals surface area contributed by atoms with E-state index in [4.69, 9.17) is 14.6 Å². The van der Waals surface area contributed by atoms with E-state index in [2.05, 4.69) is 20.3 Å². The van der Waals surface area contributed by atoms with Crippen molar-refractivity contribution in [1.29, 1.82) is 0 Å². The summed E-state index contributed by atoms with van der Waals surface area (Å²) in [7, 11) is 0. The van der Waals surface area contributed by atoms with Gasteiger partial charge in [-0.1, -0.05) is 0 Å². The van der Waals surface area contributed by atoms with Crippen LogP contribution in [0.15, 0.2) is 22.7 Å². The third kappa shape index (κ3) is 3.18. The number of aliphatic hydroxyl groups is 1. The van der Waals surface area contributed by atoms with E-state index in [1.165, 1.54) is 0 Å². The number of furan rings is 1. The van der Waals surface area contributed by atoms with Gasteiger partial charge in [0.1, 0.15) is 18.1 Å². The standard InChI is InChI=1S/C14H18N4O4/c19-8-11-2-1-10(22-11)6-18-5-9(3-14(20)21)12(7-18)13-4-15-17-16-13/h1-2,4,9,12,19H,3,5-8H2,(H,20,21)(H,15,16,17)/t9-,12+/m0/s1. The zero-order valence-electron chi connectivity index (χ0n) is 12.0. The van der Waals surface area contributed by atoms with Crippen LogP contribution in [0, 0.1) is 5.92 Å². The molecular weight excluding hydrogens is 288 g/mol. The van der Waals surface area contributed by atoms with Crippen molar-refractivity contribution >= 4 is 5.97 Å². The number of hydrogen-bond donors (Lipinski definition) is 3. The van der Waals surface area contributed by atoms with E-state index in [0.29, 0.717) is 25.4 Å². The van der Waals surface area contributed by atoms with Crippen LogP contribution in [-0.2, 0) is 17.9 Å². The molecule has 2 atom stereocenters. The molecule has 0 unspecified atom stereocenters. The number of nitrogens with zero attached hydrogens (tertiary/aromatic N) is 3. The Morgan fingerprint density at radius 2 is 2.23 bits per heavy atom. The molecule has 1 saturated heterocycles. The molecular formula is C14H18N4O4. The predicted molar refractivity (Wildman–Crippen MR) is 74.8 cm³/mol. The van der Waals surface area contributed by atoms with Gasteiger partial charge in [0.25, 0.3) is 0 Å². The van der Waals surface area contributed by atoms with Crippen LogP contribution in [0.1, 0.15) is 29.6 Å². The highest BCUT2D eigenvalue weighted by atomic mass is 16.4. The largest absolute Gasteiger partial charge is 0.481 e. The fourth-order valence-electron chi connectivity index (χ4n) is 3.06. The SMILES string of the molecule is O=C(O)C[C@H]1CN(Cc2ccc(CO)o2)C[C@H]1c1cn[nH]n1. The Balaban J connectivity index is 1.70. The molecule has 8 nitrogen and oxygen atoms in total. The monoisotopic (exact) mass is 306 g/mol. The van der Waals surface area contributed by atoms with Gasteiger partial charge in [0.2, 0.25) is 0 Å². The number of carboxylic acid groups (broad SMARTS) is 1. The van der Waals surface area contributed by atoms with Crippen LogP contribution >= 0.6 is 0 Å². The van der Waals surface area contributed by atoms with Gasteiger partial charge in [0, 0.05) is 19.0 Å². The number of aromatic amines is 1. The van der Waals surface area contributed by atoms with Crippen molar-refractivity contribution in [3.63, 3.8) is 0 Å². The van der Waals surface area contributed by atoms with Gasteiger partial charge in [-0.25, -0.2) is 0 Å². The Hall–Kier alpha value is -2.19. The van der Waals surface area contributed by atoms with Gasteiger partial charge in [-0.05, 0) is 18.1 Å². The summed E-state index contributed by atoms with van der Waals surface area (Å²) < 4.78 is 5.49. The maximum Gasteiger partial charge on any atom is 0.303 e. The van der Waals surface area contributed by atoms with Crippen LogP contribution < -0.4 is 0 Å². The van der Waals surface area contributed by atoms with Crippen molar-refractivity contribution < 1.29 is 19.4 Å². The highest BCUT2D eigenvalue weighted by Gasteiger charge is 2.36. The average Bonchev–Trinajstić information content (AvgIpc) is 3.19. The van der Waals surface area contributed by atoms with Crippen molar-refractivity contribution in [2.75, 3.05) is 13.1 Å². The highest BCUT2D eigenvalue weighted by molar-refractivity contribution is 5.67. The Bertz CT molecular complexity index is 625. The lowest BCUT2D eigenvalue weighted by atomic mass is 9.91. The molecule has 0 radical (unpaired) electrons. The number of H-pyrrole nitrogens is 1. The van der Waals surface area contributed by atoms with E-state index >= 15 is 0 Å². The second-order valence-corrected chi connectivity index (χ2v) is 5.58. The second-order valence-electron chi connectivity index (χ2n) is 5.58. The van der Waals surface area contributed by atoms with Gasteiger partial charge in [0.05, 0.1) is 24.9 Å². The zero-order chi connectivity index (χ0) is 15.5. The predicted octanol–water partition coefficient (Wildman–Crippen LogP) is 0.580. The molecule has 0 bridgehead atoms. The smallest absolute Gasteiger partial charge is 0.303 e. The molecule has 8 heteroatoms. The number of nitrogens with one attached hydrogen (secondary N) is 1. The molecule has 2 aromatic rings.